The van der Waals surface area contributed by atoms with E-state index in [0.29, 0.717) is 5.69 Å². The Hall–Kier alpha value is -2.50. The van der Waals surface area contributed by atoms with Crippen LogP contribution < -0.4 is 11.0 Å². The maximum atomic E-state index is 11.4. The van der Waals surface area contributed by atoms with Gasteiger partial charge in [-0.05, 0) is 39.3 Å². The second-order valence-corrected chi connectivity index (χ2v) is 4.72. The SMILES string of the molecule is C/C(=N/Nc1nnc(C)c(=O)[nH]1)c1cc(C)ccc1C. The van der Waals surface area contributed by atoms with Gasteiger partial charge in [0.15, 0.2) is 0 Å². The maximum absolute atomic E-state index is 11.4. The standard InChI is InChI=1S/C14H17N5O/c1-8-5-6-9(2)12(7-8)10(3)16-18-14-15-13(20)11(4)17-19-14/h5-7H,1-4H3,(H2,15,18,19,20)/b16-10-. The molecule has 0 unspecified atom stereocenters. The highest BCUT2D eigenvalue weighted by molar-refractivity contribution is 6.00. The summed E-state index contributed by atoms with van der Waals surface area (Å²) in [5, 5.41) is 11.8. The van der Waals surface area contributed by atoms with E-state index in [-0.39, 0.29) is 11.5 Å². The number of aromatic nitrogens is 3. The molecule has 0 atom stereocenters. The maximum Gasteiger partial charge on any atom is 0.274 e. The van der Waals surface area contributed by atoms with Gasteiger partial charge in [0.05, 0.1) is 5.71 Å². The zero-order valence-electron chi connectivity index (χ0n) is 12.0. The van der Waals surface area contributed by atoms with Crippen LogP contribution in [0.2, 0.25) is 0 Å². The van der Waals surface area contributed by atoms with Crippen LogP contribution in [-0.4, -0.2) is 20.9 Å². The van der Waals surface area contributed by atoms with Gasteiger partial charge in [-0.3, -0.25) is 9.78 Å². The molecule has 0 saturated heterocycles. The number of anilines is 1. The van der Waals surface area contributed by atoms with E-state index in [2.05, 4.69) is 43.9 Å². The lowest BCUT2D eigenvalue weighted by Gasteiger charge is -2.07. The lowest BCUT2D eigenvalue weighted by Crippen LogP contribution is -2.16. The molecule has 1 heterocycles. The van der Waals surface area contributed by atoms with Gasteiger partial charge in [0.2, 0.25) is 5.95 Å². The average Bonchev–Trinajstić information content (AvgIpc) is 2.42. The van der Waals surface area contributed by atoms with Crippen LogP contribution in [0.5, 0.6) is 0 Å². The Morgan fingerprint density at radius 1 is 1.25 bits per heavy atom. The summed E-state index contributed by atoms with van der Waals surface area (Å²) in [6.07, 6.45) is 0. The first kappa shape index (κ1) is 13.9. The van der Waals surface area contributed by atoms with E-state index in [0.717, 1.165) is 16.8 Å². The summed E-state index contributed by atoms with van der Waals surface area (Å²) in [5.41, 5.74) is 6.95. The third-order valence-electron chi connectivity index (χ3n) is 2.97. The van der Waals surface area contributed by atoms with Crippen molar-refractivity contribution in [2.45, 2.75) is 27.7 Å². The molecule has 0 aliphatic rings. The van der Waals surface area contributed by atoms with Crippen LogP contribution in [0, 0.1) is 20.8 Å². The molecule has 1 aromatic heterocycles. The largest absolute Gasteiger partial charge is 0.288 e. The fraction of sp³-hybridized carbons (Fsp3) is 0.286. The fourth-order valence-corrected chi connectivity index (χ4v) is 1.77. The number of aromatic amines is 1. The van der Waals surface area contributed by atoms with Crippen molar-refractivity contribution in [3.63, 3.8) is 0 Å². The van der Waals surface area contributed by atoms with E-state index in [1.54, 1.807) is 6.92 Å². The zero-order valence-corrected chi connectivity index (χ0v) is 12.0. The number of hydrazone groups is 1. The van der Waals surface area contributed by atoms with Crippen LogP contribution in [0.25, 0.3) is 0 Å². The molecule has 1 aromatic carbocycles. The molecule has 2 rings (SSSR count). The number of hydrogen-bond donors (Lipinski definition) is 2. The number of nitrogens with zero attached hydrogens (tertiary/aromatic N) is 3. The van der Waals surface area contributed by atoms with Gasteiger partial charge in [-0.2, -0.15) is 5.10 Å². The van der Waals surface area contributed by atoms with E-state index in [4.69, 9.17) is 0 Å². The van der Waals surface area contributed by atoms with Crippen molar-refractivity contribution in [2.24, 2.45) is 5.10 Å². The van der Waals surface area contributed by atoms with Gasteiger partial charge in [-0.25, -0.2) is 5.43 Å². The third-order valence-corrected chi connectivity index (χ3v) is 2.97. The lowest BCUT2D eigenvalue weighted by atomic mass is 10.0. The van der Waals surface area contributed by atoms with E-state index in [1.807, 2.05) is 20.8 Å². The van der Waals surface area contributed by atoms with E-state index in [9.17, 15) is 4.79 Å². The molecular formula is C14H17N5O. The normalized spacial score (nSPS) is 11.5. The topological polar surface area (TPSA) is 83.0 Å². The minimum atomic E-state index is -0.276. The quantitative estimate of drug-likeness (QED) is 0.660. The molecule has 0 aliphatic carbocycles. The summed E-state index contributed by atoms with van der Waals surface area (Å²) in [6.45, 7) is 7.56. The predicted octanol–water partition coefficient (Wildman–Crippen LogP) is 1.93. The van der Waals surface area contributed by atoms with Crippen LogP contribution in [0.3, 0.4) is 0 Å². The molecule has 0 radical (unpaired) electrons. The highest BCUT2D eigenvalue weighted by Crippen LogP contribution is 2.12. The Kier molecular flexibility index (Phi) is 3.93. The van der Waals surface area contributed by atoms with Gasteiger partial charge >= 0.3 is 0 Å². The molecule has 0 aliphatic heterocycles. The molecule has 0 amide bonds. The molecule has 0 fully saturated rings. The smallest absolute Gasteiger partial charge is 0.274 e. The second-order valence-electron chi connectivity index (χ2n) is 4.72. The van der Waals surface area contributed by atoms with Gasteiger partial charge in [0.25, 0.3) is 5.56 Å². The minimum absolute atomic E-state index is 0.227. The van der Waals surface area contributed by atoms with Crippen molar-refractivity contribution < 1.29 is 0 Å². The molecule has 6 nitrogen and oxygen atoms in total. The number of rotatable bonds is 3. The summed E-state index contributed by atoms with van der Waals surface area (Å²) < 4.78 is 0. The van der Waals surface area contributed by atoms with Crippen molar-refractivity contribution in [3.05, 3.63) is 50.9 Å². The highest BCUT2D eigenvalue weighted by Gasteiger charge is 2.03. The Morgan fingerprint density at radius 3 is 2.70 bits per heavy atom. The Balaban J connectivity index is 2.24. The average molecular weight is 271 g/mol. The number of benzene rings is 1. The number of nitrogens with one attached hydrogen (secondary N) is 2. The van der Waals surface area contributed by atoms with Crippen molar-refractivity contribution in [1.82, 2.24) is 15.2 Å². The van der Waals surface area contributed by atoms with Crippen LogP contribution >= 0.6 is 0 Å². The number of hydrogen-bond acceptors (Lipinski definition) is 5. The number of aryl methyl sites for hydroxylation is 3. The molecule has 0 bridgehead atoms. The molecule has 0 saturated carbocycles. The summed E-state index contributed by atoms with van der Waals surface area (Å²) in [5.74, 6) is 0.227. The third kappa shape index (κ3) is 3.09. The van der Waals surface area contributed by atoms with Gasteiger partial charge in [0, 0.05) is 5.56 Å². The summed E-state index contributed by atoms with van der Waals surface area (Å²) in [6, 6.07) is 6.18. The monoisotopic (exact) mass is 271 g/mol. The van der Waals surface area contributed by atoms with E-state index >= 15 is 0 Å². The minimum Gasteiger partial charge on any atom is -0.288 e. The second kappa shape index (κ2) is 5.64. The number of H-pyrrole nitrogens is 1. The van der Waals surface area contributed by atoms with Crippen molar-refractivity contribution in [2.75, 3.05) is 5.43 Å². The van der Waals surface area contributed by atoms with E-state index in [1.165, 1.54) is 5.56 Å². The lowest BCUT2D eigenvalue weighted by molar-refractivity contribution is 0.897. The van der Waals surface area contributed by atoms with Crippen LogP contribution in [0.1, 0.15) is 29.3 Å². The first-order valence-corrected chi connectivity index (χ1v) is 6.29. The summed E-state index contributed by atoms with van der Waals surface area (Å²) >= 11 is 0. The molecule has 104 valence electrons. The van der Waals surface area contributed by atoms with Gasteiger partial charge in [-0.1, -0.05) is 17.7 Å². The van der Waals surface area contributed by atoms with Gasteiger partial charge in [0.1, 0.15) is 5.69 Å². The van der Waals surface area contributed by atoms with Crippen molar-refractivity contribution in [3.8, 4) is 0 Å². The van der Waals surface area contributed by atoms with Crippen molar-refractivity contribution in [1.29, 1.82) is 0 Å². The zero-order chi connectivity index (χ0) is 14.7. The Labute approximate surface area is 117 Å². The van der Waals surface area contributed by atoms with Crippen LogP contribution in [-0.2, 0) is 0 Å². The fourth-order valence-electron chi connectivity index (χ4n) is 1.77. The molecule has 20 heavy (non-hydrogen) atoms. The first-order valence-electron chi connectivity index (χ1n) is 6.29. The highest BCUT2D eigenvalue weighted by atomic mass is 16.1. The molecule has 2 aromatic rings. The summed E-state index contributed by atoms with van der Waals surface area (Å²) in [4.78, 5) is 14.0. The first-order chi connectivity index (χ1) is 9.47. The predicted molar refractivity (Wildman–Crippen MR) is 79.1 cm³/mol. The molecule has 6 heteroatoms. The van der Waals surface area contributed by atoms with Gasteiger partial charge in [-0.15, -0.1) is 10.2 Å². The molecule has 2 N–H and O–H groups in total. The van der Waals surface area contributed by atoms with Crippen LogP contribution in [0.4, 0.5) is 5.95 Å². The van der Waals surface area contributed by atoms with Gasteiger partial charge < -0.3 is 0 Å². The van der Waals surface area contributed by atoms with Crippen LogP contribution in [0.15, 0.2) is 28.1 Å². The Morgan fingerprint density at radius 2 is 2.00 bits per heavy atom. The van der Waals surface area contributed by atoms with E-state index < -0.39 is 0 Å². The Bertz CT molecular complexity index is 718. The molecule has 0 spiro atoms. The van der Waals surface area contributed by atoms with Crippen molar-refractivity contribution >= 4 is 11.7 Å². The summed E-state index contributed by atoms with van der Waals surface area (Å²) in [7, 11) is 0. The molecular weight excluding hydrogens is 254 g/mol.